The van der Waals surface area contributed by atoms with E-state index >= 15 is 0 Å². The maximum absolute atomic E-state index is 12.1. The maximum atomic E-state index is 12.1. The van der Waals surface area contributed by atoms with Gasteiger partial charge in [0.1, 0.15) is 0 Å². The molecule has 2 heteroatoms. The summed E-state index contributed by atoms with van der Waals surface area (Å²) in [6, 6.07) is 2.10. The molecule has 0 aliphatic heterocycles. The molecular weight excluding hydrogens is 240 g/mol. The molecule has 0 spiro atoms. The van der Waals surface area contributed by atoms with Crippen molar-refractivity contribution in [3.8, 4) is 0 Å². The van der Waals surface area contributed by atoms with E-state index in [0.717, 1.165) is 11.3 Å². The summed E-state index contributed by atoms with van der Waals surface area (Å²) >= 11 is 1.60. The summed E-state index contributed by atoms with van der Waals surface area (Å²) in [4.78, 5) is 13.0. The Labute approximate surface area is 116 Å². The molecule has 0 aliphatic carbocycles. The molecule has 0 unspecified atom stereocenters. The predicted octanol–water partition coefficient (Wildman–Crippen LogP) is 5.49. The highest BCUT2D eigenvalue weighted by molar-refractivity contribution is 7.12. The van der Waals surface area contributed by atoms with Crippen LogP contribution >= 0.6 is 11.3 Å². The van der Waals surface area contributed by atoms with Crippen LogP contribution in [-0.2, 0) is 6.42 Å². The van der Waals surface area contributed by atoms with Gasteiger partial charge in [0.2, 0.25) is 0 Å². The summed E-state index contributed by atoms with van der Waals surface area (Å²) in [6.07, 6.45) is 7.66. The number of unbranched alkanes of at least 4 members (excludes halogenated alkanes) is 4. The van der Waals surface area contributed by atoms with Crippen molar-refractivity contribution in [3.63, 3.8) is 0 Å². The van der Waals surface area contributed by atoms with Crippen LogP contribution in [0.4, 0.5) is 0 Å². The minimum Gasteiger partial charge on any atom is -0.293 e. The van der Waals surface area contributed by atoms with Crippen molar-refractivity contribution in [2.45, 2.75) is 66.2 Å². The zero-order chi connectivity index (χ0) is 13.6. The number of Topliss-reactive ketones (excluding diaryl/α,β-unsaturated/α-hetero) is 1. The van der Waals surface area contributed by atoms with Crippen molar-refractivity contribution >= 4 is 17.1 Å². The lowest BCUT2D eigenvalue weighted by Crippen LogP contribution is -2.18. The van der Waals surface area contributed by atoms with Crippen LogP contribution in [0.2, 0.25) is 0 Å². The highest BCUT2D eigenvalue weighted by Gasteiger charge is 2.24. The Hall–Kier alpha value is -0.630. The molecule has 1 aromatic heterocycles. The van der Waals surface area contributed by atoms with Crippen LogP contribution in [0.15, 0.2) is 11.4 Å². The Balaban J connectivity index is 2.42. The van der Waals surface area contributed by atoms with Crippen LogP contribution in [0.5, 0.6) is 0 Å². The third-order valence-corrected chi connectivity index (χ3v) is 4.11. The molecule has 0 radical (unpaired) electrons. The minimum atomic E-state index is -0.261. The first-order valence-corrected chi connectivity index (χ1v) is 7.95. The SMILES string of the molecule is CCCCCCCc1csc(C(=O)C(C)(C)C)c1. The van der Waals surface area contributed by atoms with E-state index in [1.165, 1.54) is 37.7 Å². The average Bonchev–Trinajstić information content (AvgIpc) is 2.75. The minimum absolute atomic E-state index is 0.261. The predicted molar refractivity (Wildman–Crippen MR) is 80.6 cm³/mol. The first-order valence-electron chi connectivity index (χ1n) is 7.07. The Kier molecular flexibility index (Phi) is 6.07. The second-order valence-electron chi connectivity index (χ2n) is 6.06. The third-order valence-electron chi connectivity index (χ3n) is 3.13. The standard InChI is InChI=1S/C16H26OS/c1-5-6-7-8-9-10-13-11-14(18-12-13)15(17)16(2,3)4/h11-12H,5-10H2,1-4H3. The van der Waals surface area contributed by atoms with Gasteiger partial charge >= 0.3 is 0 Å². The van der Waals surface area contributed by atoms with Crippen LogP contribution in [-0.4, -0.2) is 5.78 Å². The van der Waals surface area contributed by atoms with E-state index in [0.29, 0.717) is 0 Å². The quantitative estimate of drug-likeness (QED) is 0.471. The molecular formula is C16H26OS. The van der Waals surface area contributed by atoms with Gasteiger partial charge in [0.25, 0.3) is 0 Å². The van der Waals surface area contributed by atoms with Gasteiger partial charge in [0.15, 0.2) is 5.78 Å². The number of carbonyl (C=O) groups is 1. The van der Waals surface area contributed by atoms with Crippen LogP contribution in [0.25, 0.3) is 0 Å². The monoisotopic (exact) mass is 266 g/mol. The number of hydrogen-bond acceptors (Lipinski definition) is 2. The number of ketones is 1. The lowest BCUT2D eigenvalue weighted by molar-refractivity contribution is 0.0862. The molecule has 0 saturated carbocycles. The molecule has 0 atom stereocenters. The van der Waals surface area contributed by atoms with Crippen molar-refractivity contribution in [1.29, 1.82) is 0 Å². The highest BCUT2D eigenvalue weighted by Crippen LogP contribution is 2.26. The molecule has 0 bridgehead atoms. The van der Waals surface area contributed by atoms with E-state index in [-0.39, 0.29) is 11.2 Å². The van der Waals surface area contributed by atoms with Gasteiger partial charge in [-0.1, -0.05) is 53.4 Å². The van der Waals surface area contributed by atoms with E-state index in [4.69, 9.17) is 0 Å². The Morgan fingerprint density at radius 2 is 1.83 bits per heavy atom. The molecule has 0 aromatic carbocycles. The molecule has 0 fully saturated rings. The lowest BCUT2D eigenvalue weighted by Gasteiger charge is -2.14. The molecule has 1 aromatic rings. The summed E-state index contributed by atoms with van der Waals surface area (Å²) in [5, 5.41) is 2.15. The van der Waals surface area contributed by atoms with Gasteiger partial charge in [-0.15, -0.1) is 11.3 Å². The fraction of sp³-hybridized carbons (Fsp3) is 0.688. The van der Waals surface area contributed by atoms with Crippen molar-refractivity contribution in [1.82, 2.24) is 0 Å². The first kappa shape index (κ1) is 15.4. The van der Waals surface area contributed by atoms with Crippen LogP contribution < -0.4 is 0 Å². The molecule has 0 saturated heterocycles. The summed E-state index contributed by atoms with van der Waals surface area (Å²) in [5.74, 6) is 0.268. The largest absolute Gasteiger partial charge is 0.293 e. The molecule has 18 heavy (non-hydrogen) atoms. The van der Waals surface area contributed by atoms with E-state index in [1.807, 2.05) is 20.8 Å². The Morgan fingerprint density at radius 3 is 2.44 bits per heavy atom. The summed E-state index contributed by atoms with van der Waals surface area (Å²) in [6.45, 7) is 8.20. The van der Waals surface area contributed by atoms with Gasteiger partial charge in [0, 0.05) is 5.41 Å². The molecule has 0 amide bonds. The Morgan fingerprint density at radius 1 is 1.17 bits per heavy atom. The molecule has 0 N–H and O–H groups in total. The fourth-order valence-corrected chi connectivity index (χ4v) is 3.02. The lowest BCUT2D eigenvalue weighted by atomic mass is 9.90. The summed E-state index contributed by atoms with van der Waals surface area (Å²) in [5.41, 5.74) is 1.08. The molecule has 0 aliphatic rings. The van der Waals surface area contributed by atoms with Crippen molar-refractivity contribution in [2.75, 3.05) is 0 Å². The van der Waals surface area contributed by atoms with Crippen molar-refractivity contribution in [3.05, 3.63) is 21.9 Å². The zero-order valence-electron chi connectivity index (χ0n) is 12.2. The van der Waals surface area contributed by atoms with Gasteiger partial charge in [-0.2, -0.15) is 0 Å². The van der Waals surface area contributed by atoms with Crippen LogP contribution in [0.3, 0.4) is 0 Å². The summed E-state index contributed by atoms with van der Waals surface area (Å²) < 4.78 is 0. The topological polar surface area (TPSA) is 17.1 Å². The highest BCUT2D eigenvalue weighted by atomic mass is 32.1. The average molecular weight is 266 g/mol. The van der Waals surface area contributed by atoms with E-state index < -0.39 is 0 Å². The second-order valence-corrected chi connectivity index (χ2v) is 6.97. The van der Waals surface area contributed by atoms with Crippen LogP contribution in [0, 0.1) is 5.41 Å². The smallest absolute Gasteiger partial charge is 0.178 e. The van der Waals surface area contributed by atoms with Gasteiger partial charge in [-0.25, -0.2) is 0 Å². The molecule has 1 heterocycles. The number of rotatable bonds is 7. The van der Waals surface area contributed by atoms with Gasteiger partial charge in [-0.05, 0) is 29.9 Å². The normalized spacial score (nSPS) is 11.8. The van der Waals surface area contributed by atoms with E-state index in [2.05, 4.69) is 18.4 Å². The Bertz CT molecular complexity index is 371. The van der Waals surface area contributed by atoms with Crippen LogP contribution in [0.1, 0.15) is 75.0 Å². The number of carbonyl (C=O) groups excluding carboxylic acids is 1. The molecule has 1 rings (SSSR count). The molecule has 102 valence electrons. The van der Waals surface area contributed by atoms with Crippen molar-refractivity contribution in [2.24, 2.45) is 5.41 Å². The number of aryl methyl sites for hydroxylation is 1. The third kappa shape index (κ3) is 4.93. The van der Waals surface area contributed by atoms with E-state index in [9.17, 15) is 4.79 Å². The van der Waals surface area contributed by atoms with E-state index in [1.54, 1.807) is 11.3 Å². The fourth-order valence-electron chi connectivity index (χ4n) is 1.93. The second kappa shape index (κ2) is 7.08. The molecule has 1 nitrogen and oxygen atoms in total. The number of thiophene rings is 1. The number of hydrogen-bond donors (Lipinski definition) is 0. The van der Waals surface area contributed by atoms with Crippen molar-refractivity contribution < 1.29 is 4.79 Å². The summed E-state index contributed by atoms with van der Waals surface area (Å²) in [7, 11) is 0. The zero-order valence-corrected chi connectivity index (χ0v) is 13.0. The van der Waals surface area contributed by atoms with Gasteiger partial charge < -0.3 is 0 Å². The van der Waals surface area contributed by atoms with Gasteiger partial charge in [-0.3, -0.25) is 4.79 Å². The van der Waals surface area contributed by atoms with Gasteiger partial charge in [0.05, 0.1) is 4.88 Å². The first-order chi connectivity index (χ1) is 8.45. The maximum Gasteiger partial charge on any atom is 0.178 e.